The van der Waals surface area contributed by atoms with E-state index in [4.69, 9.17) is 4.74 Å². The summed E-state index contributed by atoms with van der Waals surface area (Å²) in [7, 11) is 0. The van der Waals surface area contributed by atoms with Crippen molar-refractivity contribution in [1.82, 2.24) is 0 Å². The highest BCUT2D eigenvalue weighted by Gasteiger charge is 2.39. The van der Waals surface area contributed by atoms with Crippen molar-refractivity contribution < 1.29 is 18.7 Å². The molecule has 2 aromatic carbocycles. The molecule has 0 atom stereocenters. The van der Waals surface area contributed by atoms with Gasteiger partial charge in [-0.3, -0.25) is 9.59 Å². The van der Waals surface area contributed by atoms with Crippen molar-refractivity contribution in [3.8, 4) is 5.75 Å². The van der Waals surface area contributed by atoms with Crippen molar-refractivity contribution in [3.63, 3.8) is 0 Å². The van der Waals surface area contributed by atoms with Gasteiger partial charge in [-0.2, -0.15) is 0 Å². The molecule has 0 saturated heterocycles. The van der Waals surface area contributed by atoms with Crippen LogP contribution in [0.25, 0.3) is 5.57 Å². The lowest BCUT2D eigenvalue weighted by molar-refractivity contribution is -0.119. The molecule has 0 spiro atoms. The van der Waals surface area contributed by atoms with Crippen molar-refractivity contribution in [1.29, 1.82) is 0 Å². The number of carbonyl (C=O) groups is 2. The van der Waals surface area contributed by atoms with Crippen LogP contribution in [0.2, 0.25) is 0 Å². The molecule has 0 fully saturated rings. The predicted octanol–water partition coefficient (Wildman–Crippen LogP) is 4.65. The molecule has 2 amide bonds. The van der Waals surface area contributed by atoms with Crippen LogP contribution in [0.1, 0.15) is 26.3 Å². The quantitative estimate of drug-likeness (QED) is 0.679. The number of ether oxygens (including phenoxy) is 1. The summed E-state index contributed by atoms with van der Waals surface area (Å²) in [6, 6.07) is 12.5. The Bertz CT molecular complexity index is 889. The van der Waals surface area contributed by atoms with E-state index in [-0.39, 0.29) is 12.0 Å². The van der Waals surface area contributed by atoms with Gasteiger partial charge in [0.25, 0.3) is 11.8 Å². The maximum atomic E-state index is 13.3. The first-order chi connectivity index (χ1) is 12.9. The Balaban J connectivity index is 1.97. The van der Waals surface area contributed by atoms with E-state index in [2.05, 4.69) is 0 Å². The monoisotopic (exact) mass is 385 g/mol. The number of hydrogen-bond acceptors (Lipinski definition) is 4. The molecule has 0 bridgehead atoms. The summed E-state index contributed by atoms with van der Waals surface area (Å²) in [5.41, 5.74) is 1.33. The normalized spacial score (nSPS) is 14.5. The van der Waals surface area contributed by atoms with Crippen LogP contribution in [-0.4, -0.2) is 23.7 Å². The van der Waals surface area contributed by atoms with E-state index in [9.17, 15) is 14.0 Å². The number of thioether (sulfide) groups is 1. The molecule has 0 radical (unpaired) electrons. The molecule has 27 heavy (non-hydrogen) atoms. The third-order valence-electron chi connectivity index (χ3n) is 3.93. The molecule has 4 nitrogen and oxygen atoms in total. The first kappa shape index (κ1) is 19.2. The van der Waals surface area contributed by atoms with Gasteiger partial charge in [-0.05, 0) is 61.6 Å². The van der Waals surface area contributed by atoms with E-state index in [1.165, 1.54) is 36.0 Å². The van der Waals surface area contributed by atoms with E-state index < -0.39 is 11.7 Å². The number of nitrogens with zero attached hydrogens (tertiary/aromatic N) is 1. The van der Waals surface area contributed by atoms with Crippen LogP contribution in [0.4, 0.5) is 10.1 Å². The third kappa shape index (κ3) is 3.90. The van der Waals surface area contributed by atoms with Crippen molar-refractivity contribution in [2.75, 3.05) is 10.7 Å². The van der Waals surface area contributed by atoms with Gasteiger partial charge in [0.1, 0.15) is 11.6 Å². The molecule has 1 aliphatic rings. The Kier molecular flexibility index (Phi) is 5.65. The number of anilines is 1. The second kappa shape index (κ2) is 7.96. The maximum absolute atomic E-state index is 13.3. The molecular weight excluding hydrogens is 365 g/mol. The van der Waals surface area contributed by atoms with Crippen molar-refractivity contribution in [2.45, 2.75) is 26.9 Å². The largest absolute Gasteiger partial charge is 0.491 e. The second-order valence-corrected chi connectivity index (χ2v) is 7.52. The lowest BCUT2D eigenvalue weighted by Crippen LogP contribution is -2.31. The van der Waals surface area contributed by atoms with Crippen LogP contribution in [0.5, 0.6) is 5.75 Å². The highest BCUT2D eigenvalue weighted by atomic mass is 32.2. The fourth-order valence-corrected chi connectivity index (χ4v) is 3.69. The number of imide groups is 1. The first-order valence-electron chi connectivity index (χ1n) is 8.71. The number of halogens is 1. The summed E-state index contributed by atoms with van der Waals surface area (Å²) < 4.78 is 18.9. The molecule has 0 saturated carbocycles. The number of carbonyl (C=O) groups excluding carboxylic acids is 2. The summed E-state index contributed by atoms with van der Waals surface area (Å²) in [4.78, 5) is 27.5. The number of amides is 2. The predicted molar refractivity (Wildman–Crippen MR) is 106 cm³/mol. The van der Waals surface area contributed by atoms with Crippen LogP contribution in [0.15, 0.2) is 53.4 Å². The summed E-state index contributed by atoms with van der Waals surface area (Å²) in [5, 5.41) is 0. The molecule has 0 N–H and O–H groups in total. The average Bonchev–Trinajstić information content (AvgIpc) is 2.87. The van der Waals surface area contributed by atoms with Crippen molar-refractivity contribution in [3.05, 3.63) is 64.8 Å². The Morgan fingerprint density at radius 3 is 2.19 bits per heavy atom. The topological polar surface area (TPSA) is 46.6 Å². The van der Waals surface area contributed by atoms with Crippen LogP contribution in [0, 0.1) is 5.82 Å². The van der Waals surface area contributed by atoms with Gasteiger partial charge in [0.15, 0.2) is 0 Å². The minimum absolute atomic E-state index is 0.0326. The first-order valence-corrected chi connectivity index (χ1v) is 9.69. The van der Waals surface area contributed by atoms with Gasteiger partial charge in [-0.1, -0.05) is 19.1 Å². The molecule has 0 aliphatic carbocycles. The van der Waals surface area contributed by atoms with E-state index in [0.717, 1.165) is 4.90 Å². The molecular formula is C21H20FNO3S. The number of benzene rings is 2. The summed E-state index contributed by atoms with van der Waals surface area (Å²) >= 11 is 1.32. The molecule has 6 heteroatoms. The fourth-order valence-electron chi connectivity index (χ4n) is 2.84. The number of rotatable bonds is 6. The minimum atomic E-state index is -0.403. The molecule has 140 valence electrons. The van der Waals surface area contributed by atoms with Crippen molar-refractivity contribution in [2.24, 2.45) is 0 Å². The smallest absolute Gasteiger partial charge is 0.272 e. The standard InChI is InChI=1S/C21H20FNO3S/c1-4-27-19-18(14-5-7-15(22)8-6-14)20(24)23(21(19)25)16-9-11-17(12-10-16)26-13(2)3/h5-13H,4H2,1-3H3. The molecule has 1 heterocycles. The van der Waals surface area contributed by atoms with E-state index in [0.29, 0.717) is 33.2 Å². The zero-order chi connectivity index (χ0) is 19.6. The third-order valence-corrected chi connectivity index (χ3v) is 4.89. The van der Waals surface area contributed by atoms with Gasteiger partial charge < -0.3 is 4.74 Å². The summed E-state index contributed by atoms with van der Waals surface area (Å²) in [6.45, 7) is 5.77. The fraction of sp³-hybridized carbons (Fsp3) is 0.238. The SMILES string of the molecule is CCSC1=C(c2ccc(F)cc2)C(=O)N(c2ccc(OC(C)C)cc2)C1=O. The van der Waals surface area contributed by atoms with Crippen LogP contribution >= 0.6 is 11.8 Å². The highest BCUT2D eigenvalue weighted by Crippen LogP contribution is 2.38. The van der Waals surface area contributed by atoms with Crippen LogP contribution < -0.4 is 9.64 Å². The Labute approximate surface area is 162 Å². The lowest BCUT2D eigenvalue weighted by atomic mass is 10.1. The Hall–Kier alpha value is -2.60. The van der Waals surface area contributed by atoms with E-state index in [1.807, 2.05) is 20.8 Å². The van der Waals surface area contributed by atoms with Gasteiger partial charge in [0.2, 0.25) is 0 Å². The second-order valence-electron chi connectivity index (χ2n) is 6.25. The Morgan fingerprint density at radius 2 is 1.63 bits per heavy atom. The van der Waals surface area contributed by atoms with Crippen molar-refractivity contribution >= 4 is 34.8 Å². The van der Waals surface area contributed by atoms with E-state index >= 15 is 0 Å². The van der Waals surface area contributed by atoms with Gasteiger partial charge >= 0.3 is 0 Å². The minimum Gasteiger partial charge on any atom is -0.491 e. The van der Waals surface area contributed by atoms with Crippen LogP contribution in [0.3, 0.4) is 0 Å². The van der Waals surface area contributed by atoms with Gasteiger partial charge in [0, 0.05) is 0 Å². The molecule has 1 aliphatic heterocycles. The highest BCUT2D eigenvalue weighted by molar-refractivity contribution is 8.04. The van der Waals surface area contributed by atoms with E-state index in [1.54, 1.807) is 24.3 Å². The lowest BCUT2D eigenvalue weighted by Gasteiger charge is -2.16. The number of hydrogen-bond donors (Lipinski definition) is 0. The summed E-state index contributed by atoms with van der Waals surface area (Å²) in [6.07, 6.45) is 0.0326. The zero-order valence-electron chi connectivity index (χ0n) is 15.4. The van der Waals surface area contributed by atoms with Gasteiger partial charge in [-0.15, -0.1) is 11.8 Å². The molecule has 0 aromatic heterocycles. The van der Waals surface area contributed by atoms with Gasteiger partial charge in [0.05, 0.1) is 22.3 Å². The molecule has 0 unspecified atom stereocenters. The summed E-state index contributed by atoms with van der Waals surface area (Å²) in [5.74, 6) is 0.165. The molecule has 3 rings (SSSR count). The average molecular weight is 385 g/mol. The van der Waals surface area contributed by atoms with Gasteiger partial charge in [-0.25, -0.2) is 9.29 Å². The Morgan fingerprint density at radius 1 is 1.00 bits per heavy atom. The zero-order valence-corrected chi connectivity index (χ0v) is 16.2. The maximum Gasteiger partial charge on any atom is 0.272 e. The van der Waals surface area contributed by atoms with Crippen LogP contribution in [-0.2, 0) is 9.59 Å². The molecule has 2 aromatic rings.